The molecule has 1 aromatic carbocycles. The number of hydrogen-bond donors (Lipinski definition) is 1. The van der Waals surface area contributed by atoms with E-state index in [0.717, 1.165) is 45.5 Å². The quantitative estimate of drug-likeness (QED) is 0.927. The van der Waals surface area contributed by atoms with Gasteiger partial charge in [-0.25, -0.2) is 4.98 Å². The Morgan fingerprint density at radius 3 is 2.83 bits per heavy atom. The van der Waals surface area contributed by atoms with Crippen molar-refractivity contribution in [3.63, 3.8) is 0 Å². The summed E-state index contributed by atoms with van der Waals surface area (Å²) in [5.74, 6) is 0.598. The predicted octanol–water partition coefficient (Wildman–Crippen LogP) is 2.73. The minimum atomic E-state index is -0.0669. The number of pyridine rings is 1. The Bertz CT molecular complexity index is 693. The number of hydrogen-bond acceptors (Lipinski definition) is 4. The largest absolute Gasteiger partial charge is 0.384 e. The van der Waals surface area contributed by atoms with Gasteiger partial charge >= 0.3 is 0 Å². The normalized spacial score (nSPS) is 20.3. The molecular weight excluding hydrogens is 286 g/mol. The van der Waals surface area contributed by atoms with Crippen molar-refractivity contribution in [2.24, 2.45) is 0 Å². The SMILES string of the molecule is Nc1cc(CN2CCC3(CC2)OCCc2ccccc23)ccn1. The molecule has 4 heteroatoms. The lowest BCUT2D eigenvalue weighted by atomic mass is 9.79. The standard InChI is InChI=1S/C19H23N3O/c20-18-13-15(5-9-21-18)14-22-10-7-19(8-11-22)17-4-2-1-3-16(17)6-12-23-19/h1-5,9,13H,6-8,10-12,14H2,(H2,20,21). The maximum Gasteiger partial charge on any atom is 0.123 e. The third-order valence-corrected chi connectivity index (χ3v) is 5.17. The fourth-order valence-corrected chi connectivity index (χ4v) is 3.95. The van der Waals surface area contributed by atoms with E-state index in [2.05, 4.69) is 34.1 Å². The van der Waals surface area contributed by atoms with Crippen LogP contribution in [0.25, 0.3) is 0 Å². The number of nitrogens with two attached hydrogens (primary N) is 1. The van der Waals surface area contributed by atoms with Gasteiger partial charge in [0.15, 0.2) is 0 Å². The molecule has 2 N–H and O–H groups in total. The topological polar surface area (TPSA) is 51.4 Å². The number of aromatic nitrogens is 1. The van der Waals surface area contributed by atoms with Gasteiger partial charge in [0.05, 0.1) is 12.2 Å². The van der Waals surface area contributed by atoms with Gasteiger partial charge in [-0.05, 0) is 48.1 Å². The first-order valence-electron chi connectivity index (χ1n) is 8.40. The fraction of sp³-hybridized carbons (Fsp3) is 0.421. The summed E-state index contributed by atoms with van der Waals surface area (Å²) < 4.78 is 6.29. The second-order valence-electron chi connectivity index (χ2n) is 6.62. The van der Waals surface area contributed by atoms with Crippen molar-refractivity contribution in [1.82, 2.24) is 9.88 Å². The van der Waals surface area contributed by atoms with E-state index in [1.54, 1.807) is 6.20 Å². The summed E-state index contributed by atoms with van der Waals surface area (Å²) in [4.78, 5) is 6.55. The molecule has 2 aliphatic heterocycles. The van der Waals surface area contributed by atoms with Crippen LogP contribution >= 0.6 is 0 Å². The van der Waals surface area contributed by atoms with Gasteiger partial charge in [0.2, 0.25) is 0 Å². The van der Waals surface area contributed by atoms with Gasteiger partial charge in [-0.2, -0.15) is 0 Å². The predicted molar refractivity (Wildman–Crippen MR) is 90.9 cm³/mol. The highest BCUT2D eigenvalue weighted by atomic mass is 16.5. The van der Waals surface area contributed by atoms with Gasteiger partial charge in [0, 0.05) is 25.8 Å². The summed E-state index contributed by atoms with van der Waals surface area (Å²) in [6.45, 7) is 3.88. The van der Waals surface area contributed by atoms with Gasteiger partial charge in [-0.15, -0.1) is 0 Å². The average Bonchev–Trinajstić information content (AvgIpc) is 2.58. The van der Waals surface area contributed by atoms with Crippen molar-refractivity contribution in [1.29, 1.82) is 0 Å². The minimum absolute atomic E-state index is 0.0669. The maximum atomic E-state index is 6.29. The Hall–Kier alpha value is -1.91. The maximum absolute atomic E-state index is 6.29. The Labute approximate surface area is 137 Å². The number of benzene rings is 1. The summed E-state index contributed by atoms with van der Waals surface area (Å²) in [6, 6.07) is 12.8. The van der Waals surface area contributed by atoms with E-state index >= 15 is 0 Å². The molecule has 0 atom stereocenters. The molecule has 0 unspecified atom stereocenters. The lowest BCUT2D eigenvalue weighted by molar-refractivity contribution is -0.0989. The van der Waals surface area contributed by atoms with Crippen LogP contribution in [0.5, 0.6) is 0 Å². The fourth-order valence-electron chi connectivity index (χ4n) is 3.95. The lowest BCUT2D eigenvalue weighted by Gasteiger charge is -2.45. The van der Waals surface area contributed by atoms with Gasteiger partial charge in [-0.3, -0.25) is 4.90 Å². The highest BCUT2D eigenvalue weighted by molar-refractivity contribution is 5.35. The van der Waals surface area contributed by atoms with Crippen molar-refractivity contribution in [2.75, 3.05) is 25.4 Å². The van der Waals surface area contributed by atoms with Gasteiger partial charge < -0.3 is 10.5 Å². The number of likely N-dealkylation sites (tertiary alicyclic amines) is 1. The van der Waals surface area contributed by atoms with Crippen molar-refractivity contribution >= 4 is 5.82 Å². The lowest BCUT2D eigenvalue weighted by Crippen LogP contribution is -2.46. The molecule has 4 nitrogen and oxygen atoms in total. The zero-order valence-electron chi connectivity index (χ0n) is 13.4. The zero-order chi connectivity index (χ0) is 15.7. The number of anilines is 1. The van der Waals surface area contributed by atoms with E-state index in [-0.39, 0.29) is 5.60 Å². The van der Waals surface area contributed by atoms with Gasteiger partial charge in [-0.1, -0.05) is 24.3 Å². The van der Waals surface area contributed by atoms with E-state index in [1.807, 2.05) is 12.1 Å². The molecule has 23 heavy (non-hydrogen) atoms. The molecule has 0 amide bonds. The molecule has 2 aliphatic rings. The Morgan fingerprint density at radius 2 is 2.00 bits per heavy atom. The Balaban J connectivity index is 1.47. The van der Waals surface area contributed by atoms with Crippen LogP contribution in [0.4, 0.5) is 5.82 Å². The van der Waals surface area contributed by atoms with E-state index in [4.69, 9.17) is 10.5 Å². The van der Waals surface area contributed by atoms with Crippen molar-refractivity contribution in [3.05, 3.63) is 59.3 Å². The molecule has 1 spiro atoms. The van der Waals surface area contributed by atoms with Crippen LogP contribution in [0.1, 0.15) is 29.5 Å². The summed E-state index contributed by atoms with van der Waals surface area (Å²) in [6.07, 6.45) is 4.95. The third-order valence-electron chi connectivity index (χ3n) is 5.17. The van der Waals surface area contributed by atoms with Crippen LogP contribution in [-0.2, 0) is 23.3 Å². The first-order chi connectivity index (χ1) is 11.3. The number of nitrogens with zero attached hydrogens (tertiary/aromatic N) is 2. The average molecular weight is 309 g/mol. The number of ether oxygens (including phenoxy) is 1. The summed E-state index contributed by atoms with van der Waals surface area (Å²) in [5, 5.41) is 0. The molecule has 1 aromatic heterocycles. The summed E-state index contributed by atoms with van der Waals surface area (Å²) in [7, 11) is 0. The van der Waals surface area contributed by atoms with Crippen molar-refractivity contribution < 1.29 is 4.74 Å². The van der Waals surface area contributed by atoms with E-state index in [9.17, 15) is 0 Å². The first-order valence-corrected chi connectivity index (χ1v) is 8.40. The van der Waals surface area contributed by atoms with Crippen LogP contribution in [0.15, 0.2) is 42.6 Å². The van der Waals surface area contributed by atoms with E-state index < -0.39 is 0 Å². The molecule has 3 heterocycles. The Kier molecular flexibility index (Phi) is 3.79. The van der Waals surface area contributed by atoms with Crippen molar-refractivity contribution in [2.45, 2.75) is 31.4 Å². The van der Waals surface area contributed by atoms with E-state index in [0.29, 0.717) is 5.82 Å². The molecule has 0 radical (unpaired) electrons. The van der Waals surface area contributed by atoms with Crippen LogP contribution in [0.3, 0.4) is 0 Å². The van der Waals surface area contributed by atoms with Gasteiger partial charge in [0.25, 0.3) is 0 Å². The molecule has 1 saturated heterocycles. The molecular formula is C19H23N3O. The van der Waals surface area contributed by atoms with Crippen molar-refractivity contribution in [3.8, 4) is 0 Å². The highest BCUT2D eigenvalue weighted by Crippen LogP contribution is 2.41. The smallest absolute Gasteiger partial charge is 0.123 e. The van der Waals surface area contributed by atoms with Crippen LogP contribution in [-0.4, -0.2) is 29.6 Å². The van der Waals surface area contributed by atoms with E-state index in [1.165, 1.54) is 16.7 Å². The molecule has 0 bridgehead atoms. The minimum Gasteiger partial charge on any atom is -0.384 e. The second-order valence-corrected chi connectivity index (χ2v) is 6.62. The highest BCUT2D eigenvalue weighted by Gasteiger charge is 2.40. The number of rotatable bonds is 2. The number of piperidine rings is 1. The van der Waals surface area contributed by atoms with Crippen LogP contribution < -0.4 is 5.73 Å². The van der Waals surface area contributed by atoms with Crippen LogP contribution in [0.2, 0.25) is 0 Å². The third kappa shape index (κ3) is 2.84. The number of fused-ring (bicyclic) bond motifs is 2. The summed E-state index contributed by atoms with van der Waals surface area (Å²) in [5.41, 5.74) is 9.83. The molecule has 4 rings (SSSR count). The zero-order valence-corrected chi connectivity index (χ0v) is 13.4. The number of nitrogen functional groups attached to an aromatic ring is 1. The Morgan fingerprint density at radius 1 is 1.17 bits per heavy atom. The van der Waals surface area contributed by atoms with Gasteiger partial charge in [0.1, 0.15) is 5.82 Å². The molecule has 1 fully saturated rings. The molecule has 2 aromatic rings. The molecule has 120 valence electrons. The molecule has 0 aliphatic carbocycles. The van der Waals surface area contributed by atoms with Crippen LogP contribution in [0, 0.1) is 0 Å². The second kappa shape index (κ2) is 5.95. The monoisotopic (exact) mass is 309 g/mol. The first kappa shape index (κ1) is 14.7. The summed E-state index contributed by atoms with van der Waals surface area (Å²) >= 11 is 0. The molecule has 0 saturated carbocycles.